The molecule has 12 N–H and O–H groups in total. The number of hydrogen-bond donors (Lipinski definition) is 10. The van der Waals surface area contributed by atoms with E-state index in [1.807, 2.05) is 0 Å². The molecule has 0 spiro atoms. The lowest BCUT2D eigenvalue weighted by Crippen LogP contribution is -2.39. The molecule has 0 fully saturated rings. The SMILES string of the molecule is C[C@@H](O)[C@H](N)C(=O)O.N[C@@H](CO)C(=O)O.O=C(O)CCC(=O)O.O=C(O)CCC(=O)O. The minimum absolute atomic E-state index is 0.296. The van der Waals surface area contributed by atoms with Crippen molar-refractivity contribution in [1.82, 2.24) is 0 Å². The van der Waals surface area contributed by atoms with Gasteiger partial charge in [0.25, 0.3) is 0 Å². The lowest BCUT2D eigenvalue weighted by atomic mass is 10.2. The monoisotopic (exact) mass is 460 g/mol. The van der Waals surface area contributed by atoms with Gasteiger partial charge < -0.3 is 52.3 Å². The summed E-state index contributed by atoms with van der Waals surface area (Å²) >= 11 is 0. The Bertz CT molecular complexity index is 522. The van der Waals surface area contributed by atoms with Gasteiger partial charge in [-0.15, -0.1) is 0 Å². The highest BCUT2D eigenvalue weighted by atomic mass is 16.4. The minimum Gasteiger partial charge on any atom is -0.481 e. The zero-order chi connectivity index (χ0) is 25.7. The predicted molar refractivity (Wildman–Crippen MR) is 99.0 cm³/mol. The van der Waals surface area contributed by atoms with Gasteiger partial charge in [-0.2, -0.15) is 0 Å². The van der Waals surface area contributed by atoms with Gasteiger partial charge in [0.05, 0.1) is 38.4 Å². The first-order valence-corrected chi connectivity index (χ1v) is 8.12. The highest BCUT2D eigenvalue weighted by molar-refractivity contribution is 5.75. The molecule has 0 aromatic carbocycles. The summed E-state index contributed by atoms with van der Waals surface area (Å²) in [5.41, 5.74) is 9.68. The molecule has 0 aliphatic carbocycles. The number of hydrogen-bond acceptors (Lipinski definition) is 10. The number of carbonyl (C=O) groups is 6. The molecule has 0 radical (unpaired) electrons. The maximum Gasteiger partial charge on any atom is 0.323 e. The Kier molecular flexibility index (Phi) is 24.2. The molecule has 0 amide bonds. The summed E-state index contributed by atoms with van der Waals surface area (Å²) in [5.74, 6) is -6.66. The van der Waals surface area contributed by atoms with Crippen molar-refractivity contribution in [1.29, 1.82) is 0 Å². The number of aliphatic carboxylic acids is 6. The van der Waals surface area contributed by atoms with Crippen LogP contribution in [0.3, 0.4) is 0 Å². The van der Waals surface area contributed by atoms with Gasteiger partial charge in [0.2, 0.25) is 0 Å². The summed E-state index contributed by atoms with van der Waals surface area (Å²) in [5, 5.41) is 64.0. The van der Waals surface area contributed by atoms with E-state index in [1.165, 1.54) is 6.92 Å². The maximum absolute atomic E-state index is 9.86. The molecule has 182 valence electrons. The second kappa shape index (κ2) is 21.4. The normalized spacial score (nSPS) is 11.9. The number of nitrogens with two attached hydrogens (primary N) is 2. The first-order valence-electron chi connectivity index (χ1n) is 8.12. The van der Waals surface area contributed by atoms with E-state index in [2.05, 4.69) is 0 Å². The van der Waals surface area contributed by atoms with E-state index in [0.29, 0.717) is 0 Å². The molecule has 31 heavy (non-hydrogen) atoms. The van der Waals surface area contributed by atoms with E-state index in [4.69, 9.17) is 52.3 Å². The van der Waals surface area contributed by atoms with Gasteiger partial charge in [-0.05, 0) is 6.92 Å². The number of aliphatic hydroxyl groups excluding tert-OH is 2. The quantitative estimate of drug-likeness (QED) is 0.155. The molecular weight excluding hydrogens is 432 g/mol. The first-order chi connectivity index (χ1) is 14.0. The number of carboxylic acids is 6. The van der Waals surface area contributed by atoms with E-state index in [1.54, 1.807) is 0 Å². The van der Waals surface area contributed by atoms with Gasteiger partial charge in [0.15, 0.2) is 0 Å². The molecule has 0 aliphatic heterocycles. The highest BCUT2D eigenvalue weighted by Gasteiger charge is 2.16. The Balaban J connectivity index is -0.000000157. The van der Waals surface area contributed by atoms with Crippen LogP contribution < -0.4 is 11.5 Å². The summed E-state index contributed by atoms with van der Waals surface area (Å²) in [4.78, 5) is 58.1. The third-order valence-electron chi connectivity index (χ3n) is 2.42. The summed E-state index contributed by atoms with van der Waals surface area (Å²) in [6.45, 7) is 0.827. The van der Waals surface area contributed by atoms with Crippen LogP contribution in [0.2, 0.25) is 0 Å². The van der Waals surface area contributed by atoms with Crippen molar-refractivity contribution in [3.63, 3.8) is 0 Å². The van der Waals surface area contributed by atoms with Gasteiger partial charge in [-0.1, -0.05) is 0 Å². The van der Waals surface area contributed by atoms with Gasteiger partial charge >= 0.3 is 35.8 Å². The molecule has 0 heterocycles. The fourth-order valence-electron chi connectivity index (χ4n) is 0.712. The smallest absolute Gasteiger partial charge is 0.323 e. The zero-order valence-corrected chi connectivity index (χ0v) is 16.4. The second-order valence-electron chi connectivity index (χ2n) is 5.31. The van der Waals surface area contributed by atoms with E-state index in [-0.39, 0.29) is 25.7 Å². The van der Waals surface area contributed by atoms with Crippen molar-refractivity contribution in [3.8, 4) is 0 Å². The number of rotatable bonds is 10. The molecule has 0 unspecified atom stereocenters. The molecule has 0 rings (SSSR count). The Morgan fingerprint density at radius 2 is 0.903 bits per heavy atom. The summed E-state index contributed by atoms with van der Waals surface area (Å²) in [7, 11) is 0. The van der Waals surface area contributed by atoms with Crippen LogP contribution in [-0.4, -0.2) is 101 Å². The van der Waals surface area contributed by atoms with Crippen molar-refractivity contribution in [2.45, 2.75) is 50.8 Å². The van der Waals surface area contributed by atoms with Crippen molar-refractivity contribution in [2.24, 2.45) is 11.5 Å². The summed E-state index contributed by atoms with van der Waals surface area (Å²) in [6.07, 6.45) is -2.16. The van der Waals surface area contributed by atoms with E-state index < -0.39 is 60.6 Å². The largest absolute Gasteiger partial charge is 0.481 e. The lowest BCUT2D eigenvalue weighted by Gasteiger charge is -2.06. The summed E-state index contributed by atoms with van der Waals surface area (Å²) in [6, 6.07) is -2.28. The molecule has 0 bridgehead atoms. The highest BCUT2D eigenvalue weighted by Crippen LogP contribution is 1.87. The molecule has 16 heteroatoms. The van der Waals surface area contributed by atoms with Crippen LogP contribution in [-0.2, 0) is 28.8 Å². The van der Waals surface area contributed by atoms with Crippen LogP contribution in [0.4, 0.5) is 0 Å². The Hall–Kier alpha value is -3.34. The lowest BCUT2D eigenvalue weighted by molar-refractivity contribution is -0.143. The Morgan fingerprint density at radius 1 is 0.645 bits per heavy atom. The molecular formula is C15H28N2O14. The molecule has 0 aromatic heterocycles. The van der Waals surface area contributed by atoms with E-state index in [9.17, 15) is 28.8 Å². The van der Waals surface area contributed by atoms with E-state index in [0.717, 1.165) is 0 Å². The van der Waals surface area contributed by atoms with Gasteiger partial charge in [0, 0.05) is 0 Å². The van der Waals surface area contributed by atoms with Crippen LogP contribution in [0.15, 0.2) is 0 Å². The molecule has 0 saturated carbocycles. The number of carboxylic acid groups (broad SMARTS) is 6. The average Bonchev–Trinajstić information content (AvgIpc) is 2.64. The van der Waals surface area contributed by atoms with E-state index >= 15 is 0 Å². The predicted octanol–water partition coefficient (Wildman–Crippen LogP) is -2.96. The standard InChI is InChI=1S/C4H9NO3.2C4H6O4.C3H7NO3/c1-2(6)3(5)4(7)8;2*5-3(6)1-2-4(7)8;4-2(1-5)3(6)7/h2-3,6H,5H2,1H3,(H,7,8);2*1-2H2,(H,5,6)(H,7,8);2,5H,1,4H2,(H,6,7)/t2-,3+;;;2-/m1..0/s1. The first kappa shape index (κ1) is 35.1. The molecule has 0 saturated heterocycles. The summed E-state index contributed by atoms with van der Waals surface area (Å²) < 4.78 is 0. The van der Waals surface area contributed by atoms with Crippen molar-refractivity contribution < 1.29 is 69.6 Å². The van der Waals surface area contributed by atoms with Crippen molar-refractivity contribution in [3.05, 3.63) is 0 Å². The fraction of sp³-hybridized carbons (Fsp3) is 0.600. The average molecular weight is 460 g/mol. The minimum atomic E-state index is -1.18. The maximum atomic E-state index is 9.86. The fourth-order valence-corrected chi connectivity index (χ4v) is 0.712. The zero-order valence-electron chi connectivity index (χ0n) is 16.4. The van der Waals surface area contributed by atoms with Gasteiger partial charge in [0.1, 0.15) is 12.1 Å². The second-order valence-corrected chi connectivity index (χ2v) is 5.31. The third kappa shape index (κ3) is 38.0. The molecule has 16 nitrogen and oxygen atoms in total. The van der Waals surface area contributed by atoms with Crippen LogP contribution in [0.5, 0.6) is 0 Å². The van der Waals surface area contributed by atoms with Crippen molar-refractivity contribution >= 4 is 35.8 Å². The number of aliphatic hydroxyl groups is 2. The van der Waals surface area contributed by atoms with Crippen LogP contribution in [0.1, 0.15) is 32.6 Å². The van der Waals surface area contributed by atoms with Gasteiger partial charge in [-0.3, -0.25) is 28.8 Å². The van der Waals surface area contributed by atoms with Crippen molar-refractivity contribution in [2.75, 3.05) is 6.61 Å². The topological polar surface area (TPSA) is 316 Å². The van der Waals surface area contributed by atoms with Crippen LogP contribution in [0, 0.1) is 0 Å². The third-order valence-corrected chi connectivity index (χ3v) is 2.42. The van der Waals surface area contributed by atoms with Crippen LogP contribution >= 0.6 is 0 Å². The molecule has 3 atom stereocenters. The Labute approximate surface area is 175 Å². The molecule has 0 aliphatic rings. The van der Waals surface area contributed by atoms with Gasteiger partial charge in [-0.25, -0.2) is 0 Å². The van der Waals surface area contributed by atoms with Crippen LogP contribution in [0.25, 0.3) is 0 Å². The Morgan fingerprint density at radius 3 is 0.935 bits per heavy atom. The molecule has 0 aromatic rings.